The second-order valence-electron chi connectivity index (χ2n) is 8.17. The Hall–Kier alpha value is -2.08. The SMILES string of the molecule is COCC12[C@@H]3[C@@H]4C([C@H]5[C@@H]([C@H]43)[C@H]51)n1c(=O)n(-c3ccccc3)c(=O)n12. The van der Waals surface area contributed by atoms with Gasteiger partial charge in [-0.25, -0.2) is 23.5 Å². The van der Waals surface area contributed by atoms with E-state index in [4.69, 9.17) is 4.74 Å². The first kappa shape index (κ1) is 12.3. The molecule has 0 radical (unpaired) electrons. The van der Waals surface area contributed by atoms with Gasteiger partial charge >= 0.3 is 11.4 Å². The van der Waals surface area contributed by atoms with Crippen molar-refractivity contribution in [1.29, 1.82) is 0 Å². The number of hydrogen-bond acceptors (Lipinski definition) is 3. The van der Waals surface area contributed by atoms with E-state index in [0.29, 0.717) is 36.0 Å². The Labute approximate surface area is 137 Å². The second-order valence-corrected chi connectivity index (χ2v) is 8.17. The maximum absolute atomic E-state index is 13.3. The monoisotopic (exact) mass is 323 g/mol. The van der Waals surface area contributed by atoms with E-state index in [1.54, 1.807) is 7.11 Å². The molecule has 8 rings (SSSR count). The van der Waals surface area contributed by atoms with Crippen molar-refractivity contribution in [3.05, 3.63) is 51.3 Å². The summed E-state index contributed by atoms with van der Waals surface area (Å²) in [5.41, 5.74) is 0.0171. The zero-order valence-electron chi connectivity index (χ0n) is 13.2. The first-order chi connectivity index (χ1) is 11.7. The van der Waals surface area contributed by atoms with Gasteiger partial charge in [0, 0.05) is 7.11 Å². The van der Waals surface area contributed by atoms with Gasteiger partial charge in [0.05, 0.1) is 23.9 Å². The van der Waals surface area contributed by atoms with E-state index in [9.17, 15) is 9.59 Å². The van der Waals surface area contributed by atoms with Gasteiger partial charge < -0.3 is 4.74 Å². The summed E-state index contributed by atoms with van der Waals surface area (Å²) in [6.07, 6.45) is 0. The highest BCUT2D eigenvalue weighted by atomic mass is 16.5. The average molecular weight is 323 g/mol. The van der Waals surface area contributed by atoms with Crippen molar-refractivity contribution in [3.63, 3.8) is 0 Å². The fraction of sp³-hybridized carbons (Fsp3) is 0.556. The first-order valence-corrected chi connectivity index (χ1v) is 8.75. The lowest BCUT2D eigenvalue weighted by atomic mass is 9.77. The molecular formula is C18H17N3O3. The summed E-state index contributed by atoms with van der Waals surface area (Å²) in [5.74, 6) is 3.76. The fourth-order valence-electron chi connectivity index (χ4n) is 7.39. The van der Waals surface area contributed by atoms with Gasteiger partial charge in [-0.1, -0.05) is 18.2 Å². The van der Waals surface area contributed by atoms with Crippen LogP contribution in [0.25, 0.3) is 5.69 Å². The Morgan fingerprint density at radius 1 is 1.00 bits per heavy atom. The van der Waals surface area contributed by atoms with E-state index in [1.807, 2.05) is 39.7 Å². The van der Waals surface area contributed by atoms with Crippen LogP contribution >= 0.6 is 0 Å². The van der Waals surface area contributed by atoms with Crippen molar-refractivity contribution in [2.75, 3.05) is 13.7 Å². The molecule has 122 valence electrons. The van der Waals surface area contributed by atoms with E-state index >= 15 is 0 Å². The summed E-state index contributed by atoms with van der Waals surface area (Å²) < 4.78 is 10.6. The predicted octanol–water partition coefficient (Wildman–Crippen LogP) is 0.449. The van der Waals surface area contributed by atoms with Gasteiger partial charge in [0.1, 0.15) is 0 Å². The minimum Gasteiger partial charge on any atom is -0.382 e. The van der Waals surface area contributed by atoms with Crippen molar-refractivity contribution in [1.82, 2.24) is 13.9 Å². The molecule has 2 aromatic rings. The minimum absolute atomic E-state index is 0.174. The minimum atomic E-state index is -0.273. The molecule has 2 bridgehead atoms. The second kappa shape index (κ2) is 3.33. The van der Waals surface area contributed by atoms with Crippen molar-refractivity contribution in [2.24, 2.45) is 35.5 Å². The lowest BCUT2D eigenvalue weighted by molar-refractivity contribution is -0.0381. The van der Waals surface area contributed by atoms with Crippen LogP contribution in [0.15, 0.2) is 39.9 Å². The standard InChI is InChI=1S/C18H17N3O3/c1-24-7-18-13-9-10-12(14(10)18)15(11(9)13)20-16(22)19(17(23)21(18)20)8-5-3-2-4-6-8/h2-6,9-15H,7H2,1H3/t9-,10-,11-,12+,13+,14-,15?,18?/m1/s1. The van der Waals surface area contributed by atoms with E-state index in [1.165, 1.54) is 4.57 Å². The molecule has 4 aliphatic carbocycles. The molecule has 2 aliphatic heterocycles. The molecule has 0 N–H and O–H groups in total. The molecule has 0 amide bonds. The topological polar surface area (TPSA) is 58.2 Å². The Kier molecular flexibility index (Phi) is 1.71. The van der Waals surface area contributed by atoms with E-state index in [0.717, 1.165) is 11.8 Å². The quantitative estimate of drug-likeness (QED) is 0.824. The van der Waals surface area contributed by atoms with E-state index < -0.39 is 0 Å². The van der Waals surface area contributed by atoms with Crippen LogP contribution in [0.4, 0.5) is 0 Å². The molecule has 8 atom stereocenters. The van der Waals surface area contributed by atoms with Crippen LogP contribution in [0.2, 0.25) is 0 Å². The smallest absolute Gasteiger partial charge is 0.352 e. The Morgan fingerprint density at radius 2 is 1.67 bits per heavy atom. The number of methoxy groups -OCH3 is 1. The molecule has 6 nitrogen and oxygen atoms in total. The Morgan fingerprint density at radius 3 is 2.29 bits per heavy atom. The van der Waals surface area contributed by atoms with Crippen molar-refractivity contribution < 1.29 is 4.74 Å². The molecule has 0 spiro atoms. The van der Waals surface area contributed by atoms with Crippen LogP contribution in [-0.4, -0.2) is 27.6 Å². The van der Waals surface area contributed by atoms with Crippen molar-refractivity contribution >= 4 is 0 Å². The summed E-state index contributed by atoms with van der Waals surface area (Å²) in [5, 5.41) is 0. The summed E-state index contributed by atoms with van der Waals surface area (Å²) in [6.45, 7) is 0.549. The zero-order chi connectivity index (χ0) is 16.0. The Bertz CT molecular complexity index is 1010. The molecule has 1 aromatic heterocycles. The molecule has 3 heterocycles. The third-order valence-electron chi connectivity index (χ3n) is 7.70. The molecule has 1 aromatic carbocycles. The number of rotatable bonds is 3. The van der Waals surface area contributed by atoms with E-state index in [2.05, 4.69) is 0 Å². The zero-order valence-corrected chi connectivity index (χ0v) is 13.2. The van der Waals surface area contributed by atoms with Gasteiger partial charge in [-0.05, 0) is 47.6 Å². The molecule has 6 heteroatoms. The molecule has 2 unspecified atom stereocenters. The molecule has 0 saturated heterocycles. The molecule has 24 heavy (non-hydrogen) atoms. The molecular weight excluding hydrogens is 306 g/mol. The van der Waals surface area contributed by atoms with E-state index in [-0.39, 0.29) is 23.0 Å². The number of aromatic nitrogens is 3. The number of ether oxygens (including phenoxy) is 1. The first-order valence-electron chi connectivity index (χ1n) is 8.75. The van der Waals surface area contributed by atoms with Gasteiger partial charge in [0.2, 0.25) is 0 Å². The predicted molar refractivity (Wildman–Crippen MR) is 84.1 cm³/mol. The number of hydrogen-bond donors (Lipinski definition) is 0. The molecule has 4 fully saturated rings. The molecule has 4 saturated carbocycles. The van der Waals surface area contributed by atoms with Crippen molar-refractivity contribution in [3.8, 4) is 5.69 Å². The van der Waals surface area contributed by atoms with Crippen LogP contribution in [0.5, 0.6) is 0 Å². The summed E-state index contributed by atoms with van der Waals surface area (Å²) in [7, 11) is 1.71. The summed E-state index contributed by atoms with van der Waals surface area (Å²) in [6, 6.07) is 9.52. The summed E-state index contributed by atoms with van der Waals surface area (Å²) >= 11 is 0. The lowest BCUT2D eigenvalue weighted by Crippen LogP contribution is -2.59. The number of benzene rings is 1. The maximum atomic E-state index is 13.3. The van der Waals surface area contributed by atoms with Crippen molar-refractivity contribution in [2.45, 2.75) is 11.6 Å². The number of para-hydroxylation sites is 1. The van der Waals surface area contributed by atoms with Gasteiger partial charge in [0.15, 0.2) is 0 Å². The van der Waals surface area contributed by atoms with Gasteiger partial charge in [-0.15, -0.1) is 0 Å². The maximum Gasteiger partial charge on any atom is 0.352 e. The average Bonchev–Trinajstić information content (AvgIpc) is 3.42. The third kappa shape index (κ3) is 0.922. The van der Waals surface area contributed by atoms with Crippen LogP contribution in [0, 0.1) is 35.5 Å². The highest BCUT2D eigenvalue weighted by molar-refractivity contribution is 5.42. The third-order valence-corrected chi connectivity index (χ3v) is 7.70. The van der Waals surface area contributed by atoms with Crippen LogP contribution < -0.4 is 11.4 Å². The fourth-order valence-corrected chi connectivity index (χ4v) is 7.39. The highest BCUT2D eigenvalue weighted by Crippen LogP contribution is 2.93. The number of nitrogens with zero attached hydrogens (tertiary/aromatic N) is 3. The van der Waals surface area contributed by atoms with Crippen LogP contribution in [0.3, 0.4) is 0 Å². The highest BCUT2D eigenvalue weighted by Gasteiger charge is 2.95. The van der Waals surface area contributed by atoms with Gasteiger partial charge in [0.25, 0.3) is 0 Å². The van der Waals surface area contributed by atoms with Gasteiger partial charge in [-0.3, -0.25) is 0 Å². The normalized spacial score (nSPS) is 47.0. The van der Waals surface area contributed by atoms with Crippen LogP contribution in [-0.2, 0) is 10.3 Å². The lowest BCUT2D eigenvalue weighted by Gasteiger charge is -2.46. The summed E-state index contributed by atoms with van der Waals surface area (Å²) in [4.78, 5) is 26.5. The van der Waals surface area contributed by atoms with Crippen LogP contribution in [0.1, 0.15) is 6.04 Å². The largest absolute Gasteiger partial charge is 0.382 e. The van der Waals surface area contributed by atoms with Gasteiger partial charge in [-0.2, -0.15) is 0 Å². The Balaban J connectivity index is 1.58. The molecule has 6 aliphatic rings.